The van der Waals surface area contributed by atoms with Crippen LogP contribution in [0.1, 0.15) is 42.6 Å². The van der Waals surface area contributed by atoms with Crippen molar-refractivity contribution < 1.29 is 4.79 Å². The molecular weight excluding hydrogens is 262 g/mol. The van der Waals surface area contributed by atoms with E-state index in [1.165, 1.54) is 0 Å². The zero-order valence-corrected chi connectivity index (χ0v) is 14.0. The van der Waals surface area contributed by atoms with Crippen molar-refractivity contribution in [3.8, 4) is 0 Å². The van der Waals surface area contributed by atoms with Crippen molar-refractivity contribution in [1.29, 1.82) is 0 Å². The highest BCUT2D eigenvalue weighted by Gasteiger charge is 2.07. The Balaban J connectivity index is 2.33. The van der Waals surface area contributed by atoms with Crippen LogP contribution in [-0.4, -0.2) is 44.0 Å². The van der Waals surface area contributed by atoms with Crippen molar-refractivity contribution in [2.75, 3.05) is 32.5 Å². The van der Waals surface area contributed by atoms with Crippen LogP contribution < -0.4 is 10.6 Å². The molecule has 0 aromatic heterocycles. The number of carbonyl (C=O) groups is 1. The van der Waals surface area contributed by atoms with Gasteiger partial charge in [-0.1, -0.05) is 0 Å². The lowest BCUT2D eigenvalue weighted by molar-refractivity contribution is 0.0952. The van der Waals surface area contributed by atoms with Gasteiger partial charge in [-0.3, -0.25) is 4.79 Å². The molecule has 0 atom stereocenters. The smallest absolute Gasteiger partial charge is 0.251 e. The Morgan fingerprint density at radius 1 is 1.29 bits per heavy atom. The molecule has 1 amide bonds. The third-order valence-corrected chi connectivity index (χ3v) is 3.86. The number of rotatable bonds is 8. The molecule has 4 heteroatoms. The minimum Gasteiger partial charge on any atom is -0.388 e. The zero-order chi connectivity index (χ0) is 15.8. The SMILES string of the molecule is CNc1ccc(C(=O)NCCCCN(C)C(C)C)cc1C. The summed E-state index contributed by atoms with van der Waals surface area (Å²) in [5, 5.41) is 6.09. The number of carbonyl (C=O) groups excluding carboxylic acids is 1. The van der Waals surface area contributed by atoms with Crippen LogP contribution in [0.3, 0.4) is 0 Å². The summed E-state index contributed by atoms with van der Waals surface area (Å²) in [7, 11) is 4.02. The van der Waals surface area contributed by atoms with Crippen LogP contribution in [0.2, 0.25) is 0 Å². The molecule has 0 heterocycles. The summed E-state index contributed by atoms with van der Waals surface area (Å²) in [5.41, 5.74) is 2.87. The highest BCUT2D eigenvalue weighted by atomic mass is 16.1. The Morgan fingerprint density at radius 3 is 2.57 bits per heavy atom. The van der Waals surface area contributed by atoms with Gasteiger partial charge in [-0.2, -0.15) is 0 Å². The molecule has 0 aliphatic rings. The second kappa shape index (κ2) is 8.67. The van der Waals surface area contributed by atoms with Gasteiger partial charge < -0.3 is 15.5 Å². The number of unbranched alkanes of at least 4 members (excludes halogenated alkanes) is 1. The highest BCUT2D eigenvalue weighted by Crippen LogP contribution is 2.15. The highest BCUT2D eigenvalue weighted by molar-refractivity contribution is 5.94. The topological polar surface area (TPSA) is 44.4 Å². The van der Waals surface area contributed by atoms with Gasteiger partial charge in [0, 0.05) is 30.9 Å². The molecule has 0 aliphatic carbocycles. The number of anilines is 1. The average Bonchev–Trinajstić information content (AvgIpc) is 2.46. The molecule has 0 saturated carbocycles. The molecule has 4 nitrogen and oxygen atoms in total. The summed E-state index contributed by atoms with van der Waals surface area (Å²) in [4.78, 5) is 14.4. The van der Waals surface area contributed by atoms with Crippen molar-refractivity contribution in [2.24, 2.45) is 0 Å². The Labute approximate surface area is 128 Å². The first kappa shape index (κ1) is 17.5. The molecule has 0 bridgehead atoms. The summed E-state index contributed by atoms with van der Waals surface area (Å²) in [6.45, 7) is 8.20. The van der Waals surface area contributed by atoms with Gasteiger partial charge >= 0.3 is 0 Å². The standard InChI is InChI=1S/C17H29N3O/c1-13(2)20(5)11-7-6-10-19-17(21)15-8-9-16(18-4)14(3)12-15/h8-9,12-13,18H,6-7,10-11H2,1-5H3,(H,19,21). The third-order valence-electron chi connectivity index (χ3n) is 3.86. The number of amides is 1. The molecule has 0 saturated heterocycles. The van der Waals surface area contributed by atoms with Gasteiger partial charge in [-0.25, -0.2) is 0 Å². The normalized spacial score (nSPS) is 11.0. The number of aryl methyl sites for hydroxylation is 1. The summed E-state index contributed by atoms with van der Waals surface area (Å²) in [5.74, 6) is 0.0120. The lowest BCUT2D eigenvalue weighted by atomic mass is 10.1. The molecule has 0 aliphatic heterocycles. The Morgan fingerprint density at radius 2 is 2.00 bits per heavy atom. The monoisotopic (exact) mass is 291 g/mol. The molecular formula is C17H29N3O. The van der Waals surface area contributed by atoms with Gasteiger partial charge in [0.1, 0.15) is 0 Å². The van der Waals surface area contributed by atoms with Crippen LogP contribution in [0.25, 0.3) is 0 Å². The fraction of sp³-hybridized carbons (Fsp3) is 0.588. The van der Waals surface area contributed by atoms with E-state index in [-0.39, 0.29) is 5.91 Å². The second-order valence-corrected chi connectivity index (χ2v) is 5.82. The predicted octanol–water partition coefficient (Wildman–Crippen LogP) is 2.89. The van der Waals surface area contributed by atoms with Gasteiger partial charge in [0.15, 0.2) is 0 Å². The van der Waals surface area contributed by atoms with Gasteiger partial charge in [0.05, 0.1) is 0 Å². The zero-order valence-electron chi connectivity index (χ0n) is 14.0. The quantitative estimate of drug-likeness (QED) is 0.724. The van der Waals surface area contributed by atoms with Crippen LogP contribution in [0, 0.1) is 6.92 Å². The van der Waals surface area contributed by atoms with E-state index in [4.69, 9.17) is 0 Å². The summed E-state index contributed by atoms with van der Waals surface area (Å²) < 4.78 is 0. The van der Waals surface area contributed by atoms with Gasteiger partial charge in [0.2, 0.25) is 0 Å². The van der Waals surface area contributed by atoms with E-state index in [1.54, 1.807) is 0 Å². The lowest BCUT2D eigenvalue weighted by Gasteiger charge is -2.20. The van der Waals surface area contributed by atoms with Crippen LogP contribution >= 0.6 is 0 Å². The maximum atomic E-state index is 12.1. The Bertz CT molecular complexity index is 457. The molecule has 1 rings (SSSR count). The van der Waals surface area contributed by atoms with E-state index in [9.17, 15) is 4.79 Å². The molecule has 2 N–H and O–H groups in total. The fourth-order valence-corrected chi connectivity index (χ4v) is 2.13. The summed E-state index contributed by atoms with van der Waals surface area (Å²) in [6.07, 6.45) is 2.11. The maximum absolute atomic E-state index is 12.1. The largest absolute Gasteiger partial charge is 0.388 e. The molecule has 0 unspecified atom stereocenters. The van der Waals surface area contributed by atoms with Crippen molar-refractivity contribution >= 4 is 11.6 Å². The molecule has 118 valence electrons. The van der Waals surface area contributed by atoms with Crippen molar-refractivity contribution in [3.05, 3.63) is 29.3 Å². The second-order valence-electron chi connectivity index (χ2n) is 5.82. The van der Waals surface area contributed by atoms with Gasteiger partial charge in [0.25, 0.3) is 5.91 Å². The number of nitrogens with zero attached hydrogens (tertiary/aromatic N) is 1. The summed E-state index contributed by atoms with van der Waals surface area (Å²) in [6, 6.07) is 6.31. The molecule has 0 fully saturated rings. The maximum Gasteiger partial charge on any atom is 0.251 e. The van der Waals surface area contributed by atoms with Gasteiger partial charge in [-0.05, 0) is 71.0 Å². The van der Waals surface area contributed by atoms with Crippen LogP contribution in [0.4, 0.5) is 5.69 Å². The number of nitrogens with one attached hydrogen (secondary N) is 2. The Hall–Kier alpha value is -1.55. The predicted molar refractivity (Wildman–Crippen MR) is 90.1 cm³/mol. The number of hydrogen-bond acceptors (Lipinski definition) is 3. The minimum atomic E-state index is 0.0120. The number of hydrogen-bond donors (Lipinski definition) is 2. The molecule has 1 aromatic carbocycles. The van der Waals surface area contributed by atoms with Crippen molar-refractivity contribution in [1.82, 2.24) is 10.2 Å². The van der Waals surface area contributed by atoms with Crippen LogP contribution in [0.15, 0.2) is 18.2 Å². The molecule has 0 radical (unpaired) electrons. The van der Waals surface area contributed by atoms with Crippen molar-refractivity contribution in [2.45, 2.75) is 39.7 Å². The van der Waals surface area contributed by atoms with Crippen LogP contribution in [0.5, 0.6) is 0 Å². The third kappa shape index (κ3) is 5.76. The van der Waals surface area contributed by atoms with E-state index in [2.05, 4.69) is 36.4 Å². The molecule has 1 aromatic rings. The lowest BCUT2D eigenvalue weighted by Crippen LogP contribution is -2.29. The molecule has 21 heavy (non-hydrogen) atoms. The van der Waals surface area contributed by atoms with E-state index < -0.39 is 0 Å². The minimum absolute atomic E-state index is 0.0120. The van der Waals surface area contributed by atoms with Crippen LogP contribution in [-0.2, 0) is 0 Å². The van der Waals surface area contributed by atoms with E-state index in [1.807, 2.05) is 32.2 Å². The first-order valence-electron chi connectivity index (χ1n) is 7.72. The first-order chi connectivity index (χ1) is 9.95. The van der Waals surface area contributed by atoms with E-state index >= 15 is 0 Å². The van der Waals surface area contributed by atoms with E-state index in [0.29, 0.717) is 6.04 Å². The van der Waals surface area contributed by atoms with Gasteiger partial charge in [-0.15, -0.1) is 0 Å². The number of benzene rings is 1. The Kier molecular flexibility index (Phi) is 7.23. The first-order valence-corrected chi connectivity index (χ1v) is 7.72. The van der Waals surface area contributed by atoms with E-state index in [0.717, 1.165) is 42.7 Å². The van der Waals surface area contributed by atoms with Crippen molar-refractivity contribution in [3.63, 3.8) is 0 Å². The fourth-order valence-electron chi connectivity index (χ4n) is 2.13. The summed E-state index contributed by atoms with van der Waals surface area (Å²) >= 11 is 0. The molecule has 0 spiro atoms. The average molecular weight is 291 g/mol.